The van der Waals surface area contributed by atoms with E-state index in [2.05, 4.69) is 31.0 Å². The summed E-state index contributed by atoms with van der Waals surface area (Å²) in [5, 5.41) is 3.67. The Hall–Kier alpha value is -0.480. The van der Waals surface area contributed by atoms with E-state index in [1.54, 1.807) is 0 Å². The standard InChI is InChI=1S/C18H35N/c1-4-7-9-10-11-12-14-16-18(19-17-6-3)15-13-8-5-2/h18-19H,4,6-7,9-17H2,1-3H3. The van der Waals surface area contributed by atoms with Crippen molar-refractivity contribution in [2.45, 2.75) is 97.4 Å². The lowest BCUT2D eigenvalue weighted by Gasteiger charge is -2.17. The third kappa shape index (κ3) is 13.7. The van der Waals surface area contributed by atoms with Crippen LogP contribution in [0.4, 0.5) is 0 Å². The molecule has 112 valence electrons. The average Bonchev–Trinajstić information content (AvgIpc) is 2.43. The van der Waals surface area contributed by atoms with Gasteiger partial charge in [-0.1, -0.05) is 58.8 Å². The maximum atomic E-state index is 3.67. The average molecular weight is 265 g/mol. The van der Waals surface area contributed by atoms with Crippen LogP contribution in [0.2, 0.25) is 0 Å². The van der Waals surface area contributed by atoms with Crippen LogP contribution in [0.3, 0.4) is 0 Å². The third-order valence-electron chi connectivity index (χ3n) is 3.63. The Kier molecular flexibility index (Phi) is 15.2. The van der Waals surface area contributed by atoms with Gasteiger partial charge in [0.25, 0.3) is 0 Å². The largest absolute Gasteiger partial charge is 0.314 e. The highest BCUT2D eigenvalue weighted by Crippen LogP contribution is 2.12. The van der Waals surface area contributed by atoms with Crippen LogP contribution < -0.4 is 5.32 Å². The van der Waals surface area contributed by atoms with Crippen molar-refractivity contribution >= 4 is 0 Å². The SMILES string of the molecule is CC#CCCC(CCCCCCCCC)NCCC. The van der Waals surface area contributed by atoms with Gasteiger partial charge in [-0.05, 0) is 32.7 Å². The van der Waals surface area contributed by atoms with Gasteiger partial charge in [0.05, 0.1) is 0 Å². The van der Waals surface area contributed by atoms with E-state index in [0.717, 1.165) is 13.0 Å². The van der Waals surface area contributed by atoms with E-state index in [0.29, 0.717) is 6.04 Å². The molecule has 0 aromatic carbocycles. The van der Waals surface area contributed by atoms with Gasteiger partial charge >= 0.3 is 0 Å². The quantitative estimate of drug-likeness (QED) is 0.352. The van der Waals surface area contributed by atoms with Crippen LogP contribution in [0.15, 0.2) is 0 Å². The van der Waals surface area contributed by atoms with E-state index in [1.165, 1.54) is 64.2 Å². The zero-order valence-electron chi connectivity index (χ0n) is 13.6. The fraction of sp³-hybridized carbons (Fsp3) is 0.889. The van der Waals surface area contributed by atoms with Gasteiger partial charge in [-0.2, -0.15) is 0 Å². The summed E-state index contributed by atoms with van der Waals surface area (Å²) in [6.07, 6.45) is 14.7. The summed E-state index contributed by atoms with van der Waals surface area (Å²) in [5.41, 5.74) is 0. The van der Waals surface area contributed by atoms with Gasteiger partial charge in [0.1, 0.15) is 0 Å². The van der Waals surface area contributed by atoms with Crippen LogP contribution in [0, 0.1) is 11.8 Å². The molecule has 0 amide bonds. The number of rotatable bonds is 13. The summed E-state index contributed by atoms with van der Waals surface area (Å²) in [6, 6.07) is 0.691. The van der Waals surface area contributed by atoms with Gasteiger partial charge in [-0.25, -0.2) is 0 Å². The zero-order chi connectivity index (χ0) is 14.2. The predicted octanol–water partition coefficient (Wildman–Crippen LogP) is 5.30. The third-order valence-corrected chi connectivity index (χ3v) is 3.63. The molecule has 1 N–H and O–H groups in total. The predicted molar refractivity (Wildman–Crippen MR) is 87.4 cm³/mol. The van der Waals surface area contributed by atoms with E-state index in [4.69, 9.17) is 0 Å². The van der Waals surface area contributed by atoms with Gasteiger partial charge in [0, 0.05) is 12.5 Å². The number of hydrogen-bond donors (Lipinski definition) is 1. The molecule has 0 heterocycles. The molecule has 19 heavy (non-hydrogen) atoms. The summed E-state index contributed by atoms with van der Waals surface area (Å²) >= 11 is 0. The van der Waals surface area contributed by atoms with Crippen LogP contribution in [-0.4, -0.2) is 12.6 Å². The van der Waals surface area contributed by atoms with Crippen LogP contribution in [0.25, 0.3) is 0 Å². The molecule has 0 rings (SSSR count). The lowest BCUT2D eigenvalue weighted by molar-refractivity contribution is 0.433. The fourth-order valence-corrected chi connectivity index (χ4v) is 2.42. The Balaban J connectivity index is 3.56. The molecule has 0 aliphatic heterocycles. The van der Waals surface area contributed by atoms with Crippen molar-refractivity contribution in [1.82, 2.24) is 5.32 Å². The normalized spacial score (nSPS) is 11.9. The highest BCUT2D eigenvalue weighted by Gasteiger charge is 2.06. The Morgan fingerprint density at radius 1 is 0.842 bits per heavy atom. The second kappa shape index (κ2) is 15.6. The topological polar surface area (TPSA) is 12.0 Å². The molecule has 0 saturated heterocycles. The van der Waals surface area contributed by atoms with Gasteiger partial charge in [0.2, 0.25) is 0 Å². The molecule has 0 fully saturated rings. The maximum Gasteiger partial charge on any atom is 0.0103 e. The zero-order valence-corrected chi connectivity index (χ0v) is 13.6. The van der Waals surface area contributed by atoms with Crippen LogP contribution in [0.5, 0.6) is 0 Å². The summed E-state index contributed by atoms with van der Waals surface area (Å²) in [4.78, 5) is 0. The molecule has 1 unspecified atom stereocenters. The highest BCUT2D eigenvalue weighted by molar-refractivity contribution is 4.95. The van der Waals surface area contributed by atoms with Crippen molar-refractivity contribution in [3.63, 3.8) is 0 Å². The lowest BCUT2D eigenvalue weighted by Crippen LogP contribution is -2.29. The molecule has 1 heteroatoms. The lowest BCUT2D eigenvalue weighted by atomic mass is 10.0. The first-order valence-electron chi connectivity index (χ1n) is 8.48. The molecule has 1 nitrogen and oxygen atoms in total. The first kappa shape index (κ1) is 18.5. The van der Waals surface area contributed by atoms with Crippen molar-refractivity contribution in [2.24, 2.45) is 0 Å². The molecule has 0 spiro atoms. The number of nitrogens with one attached hydrogen (secondary N) is 1. The molecule has 0 saturated carbocycles. The smallest absolute Gasteiger partial charge is 0.0103 e. The van der Waals surface area contributed by atoms with E-state index >= 15 is 0 Å². The molecular weight excluding hydrogens is 230 g/mol. The molecule has 0 radical (unpaired) electrons. The maximum absolute atomic E-state index is 3.67. The van der Waals surface area contributed by atoms with Gasteiger partial charge in [-0.3, -0.25) is 0 Å². The minimum absolute atomic E-state index is 0.691. The monoisotopic (exact) mass is 265 g/mol. The number of unbranched alkanes of at least 4 members (excludes halogenated alkanes) is 6. The highest BCUT2D eigenvalue weighted by atomic mass is 14.9. The van der Waals surface area contributed by atoms with E-state index in [9.17, 15) is 0 Å². The molecule has 0 aliphatic rings. The summed E-state index contributed by atoms with van der Waals surface area (Å²) < 4.78 is 0. The fourth-order valence-electron chi connectivity index (χ4n) is 2.42. The summed E-state index contributed by atoms with van der Waals surface area (Å²) in [5.74, 6) is 6.19. The van der Waals surface area contributed by atoms with Crippen molar-refractivity contribution in [2.75, 3.05) is 6.54 Å². The Bertz CT molecular complexity index is 224. The van der Waals surface area contributed by atoms with Crippen molar-refractivity contribution in [3.8, 4) is 11.8 Å². The number of hydrogen-bond acceptors (Lipinski definition) is 1. The van der Waals surface area contributed by atoms with Crippen molar-refractivity contribution in [1.29, 1.82) is 0 Å². The van der Waals surface area contributed by atoms with Gasteiger partial charge in [-0.15, -0.1) is 11.8 Å². The Labute approximate surface area is 121 Å². The first-order valence-corrected chi connectivity index (χ1v) is 8.48. The van der Waals surface area contributed by atoms with Crippen LogP contribution in [0.1, 0.15) is 91.4 Å². The second-order valence-electron chi connectivity index (χ2n) is 5.53. The van der Waals surface area contributed by atoms with Gasteiger partial charge in [0.15, 0.2) is 0 Å². The van der Waals surface area contributed by atoms with E-state index in [-0.39, 0.29) is 0 Å². The summed E-state index contributed by atoms with van der Waals surface area (Å²) in [7, 11) is 0. The minimum Gasteiger partial charge on any atom is -0.314 e. The van der Waals surface area contributed by atoms with E-state index < -0.39 is 0 Å². The molecule has 0 aromatic heterocycles. The summed E-state index contributed by atoms with van der Waals surface area (Å²) in [6.45, 7) is 7.61. The molecule has 1 atom stereocenters. The molecule has 0 aromatic rings. The molecule has 0 bridgehead atoms. The Morgan fingerprint density at radius 3 is 2.16 bits per heavy atom. The van der Waals surface area contributed by atoms with E-state index in [1.807, 2.05) is 6.92 Å². The minimum atomic E-state index is 0.691. The second-order valence-corrected chi connectivity index (χ2v) is 5.53. The van der Waals surface area contributed by atoms with Crippen LogP contribution in [-0.2, 0) is 0 Å². The Morgan fingerprint density at radius 2 is 1.53 bits per heavy atom. The van der Waals surface area contributed by atoms with Crippen molar-refractivity contribution in [3.05, 3.63) is 0 Å². The molecule has 0 aliphatic carbocycles. The van der Waals surface area contributed by atoms with Crippen LogP contribution >= 0.6 is 0 Å². The van der Waals surface area contributed by atoms with Crippen molar-refractivity contribution < 1.29 is 0 Å². The first-order chi connectivity index (χ1) is 9.35. The van der Waals surface area contributed by atoms with Gasteiger partial charge < -0.3 is 5.32 Å². The molecular formula is C18H35N.